The van der Waals surface area contributed by atoms with Gasteiger partial charge in [-0.3, -0.25) is 4.79 Å². The van der Waals surface area contributed by atoms with Gasteiger partial charge < -0.3 is 19.7 Å². The van der Waals surface area contributed by atoms with Crippen molar-refractivity contribution in [3.05, 3.63) is 47.3 Å². The molecule has 1 aromatic carbocycles. The number of fused-ring (bicyclic) bond motifs is 1. The first-order valence-electron chi connectivity index (χ1n) is 10.6. The molecule has 1 aromatic heterocycles. The van der Waals surface area contributed by atoms with Gasteiger partial charge in [-0.2, -0.15) is 0 Å². The molecule has 0 aliphatic carbocycles. The van der Waals surface area contributed by atoms with Gasteiger partial charge in [-0.05, 0) is 31.0 Å². The quantitative estimate of drug-likeness (QED) is 0.828. The Labute approximate surface area is 175 Å². The van der Waals surface area contributed by atoms with Gasteiger partial charge in [0.1, 0.15) is 17.5 Å². The first kappa shape index (κ1) is 20.3. The number of rotatable bonds is 4. The number of hydrogen-bond acceptors (Lipinski definition) is 4. The minimum atomic E-state index is -0.427. The molecule has 1 saturated heterocycles. The number of urea groups is 1. The number of amides is 3. The van der Waals surface area contributed by atoms with E-state index in [1.54, 1.807) is 15.9 Å². The molecular weight excluding hydrogens is 387 g/mol. The van der Waals surface area contributed by atoms with Crippen LogP contribution in [0.15, 0.2) is 24.3 Å². The van der Waals surface area contributed by atoms with Crippen molar-refractivity contribution in [1.82, 2.24) is 29.9 Å². The molecule has 30 heavy (non-hydrogen) atoms. The first-order valence-corrected chi connectivity index (χ1v) is 10.6. The second kappa shape index (κ2) is 9.23. The molecule has 0 radical (unpaired) electrons. The van der Waals surface area contributed by atoms with Gasteiger partial charge in [0, 0.05) is 57.7 Å². The molecule has 2 aliphatic heterocycles. The monoisotopic (exact) mass is 414 g/mol. The van der Waals surface area contributed by atoms with Gasteiger partial charge in [0.25, 0.3) is 5.91 Å². The average Bonchev–Trinajstić information content (AvgIpc) is 2.99. The zero-order valence-corrected chi connectivity index (χ0v) is 17.0. The minimum Gasteiger partial charge on any atom is -0.338 e. The van der Waals surface area contributed by atoms with Gasteiger partial charge >= 0.3 is 6.03 Å². The molecular formula is C21H27FN6O2. The molecule has 0 bridgehead atoms. The van der Waals surface area contributed by atoms with E-state index in [0.717, 1.165) is 37.5 Å². The third kappa shape index (κ3) is 4.60. The normalized spacial score (nSPS) is 16.7. The van der Waals surface area contributed by atoms with Gasteiger partial charge in [-0.25, -0.2) is 9.18 Å². The summed E-state index contributed by atoms with van der Waals surface area (Å²) in [6.07, 6.45) is 5.13. The van der Waals surface area contributed by atoms with E-state index in [1.807, 2.05) is 0 Å². The van der Waals surface area contributed by atoms with Gasteiger partial charge in [0.05, 0.1) is 0 Å². The molecule has 2 aromatic rings. The molecule has 160 valence electrons. The molecule has 0 atom stereocenters. The molecule has 4 rings (SSSR count). The summed E-state index contributed by atoms with van der Waals surface area (Å²) in [5.74, 6) is 1.34. The van der Waals surface area contributed by atoms with E-state index >= 15 is 0 Å². The molecule has 1 fully saturated rings. The molecule has 0 unspecified atom stereocenters. The first-order chi connectivity index (χ1) is 14.6. The highest BCUT2D eigenvalue weighted by Crippen LogP contribution is 2.15. The third-order valence-electron chi connectivity index (χ3n) is 5.74. The van der Waals surface area contributed by atoms with E-state index in [0.29, 0.717) is 44.7 Å². The summed E-state index contributed by atoms with van der Waals surface area (Å²) >= 11 is 0. The van der Waals surface area contributed by atoms with Crippen molar-refractivity contribution < 1.29 is 14.0 Å². The van der Waals surface area contributed by atoms with Crippen molar-refractivity contribution in [2.24, 2.45) is 0 Å². The predicted molar refractivity (Wildman–Crippen MR) is 109 cm³/mol. The molecule has 2 aliphatic rings. The Bertz CT molecular complexity index is 907. The number of nitrogens with one attached hydrogen (secondary N) is 1. The van der Waals surface area contributed by atoms with E-state index in [-0.39, 0.29) is 11.9 Å². The number of carbonyl (C=O) groups is 2. The molecule has 0 spiro atoms. The van der Waals surface area contributed by atoms with Crippen LogP contribution in [0, 0.1) is 5.82 Å². The minimum absolute atomic E-state index is 0.136. The number of benzene rings is 1. The lowest BCUT2D eigenvalue weighted by molar-refractivity contribution is 0.0664. The number of piperazine rings is 1. The van der Waals surface area contributed by atoms with Crippen LogP contribution in [0.25, 0.3) is 0 Å². The second-order valence-electron chi connectivity index (χ2n) is 7.77. The number of aromatic nitrogens is 3. The topological polar surface area (TPSA) is 83.4 Å². The third-order valence-corrected chi connectivity index (χ3v) is 5.74. The molecule has 3 amide bonds. The van der Waals surface area contributed by atoms with Gasteiger partial charge in [-0.15, -0.1) is 10.2 Å². The van der Waals surface area contributed by atoms with Crippen LogP contribution < -0.4 is 5.32 Å². The predicted octanol–water partition coefficient (Wildman–Crippen LogP) is 1.85. The molecule has 1 N–H and O–H groups in total. The van der Waals surface area contributed by atoms with Crippen LogP contribution in [0.2, 0.25) is 0 Å². The van der Waals surface area contributed by atoms with E-state index in [2.05, 4.69) is 20.1 Å². The van der Waals surface area contributed by atoms with Crippen molar-refractivity contribution in [3.63, 3.8) is 0 Å². The van der Waals surface area contributed by atoms with Crippen molar-refractivity contribution in [2.45, 2.75) is 38.6 Å². The SMILES string of the molecule is O=C(NCCc1nnc2n1CCCCC2)N1CCN(C(=O)c2cccc(F)c2)CC1. The van der Waals surface area contributed by atoms with E-state index < -0.39 is 5.82 Å². The maximum Gasteiger partial charge on any atom is 0.317 e. The van der Waals surface area contributed by atoms with Crippen LogP contribution in [0.1, 0.15) is 41.3 Å². The second-order valence-corrected chi connectivity index (χ2v) is 7.77. The standard InChI is InChI=1S/C21H27FN6O2/c22-17-6-4-5-16(15-17)20(29)26-11-13-27(14-12-26)21(30)23-9-8-19-25-24-18-7-2-1-3-10-28(18)19/h4-6,15H,1-3,7-14H2,(H,23,30). The lowest BCUT2D eigenvalue weighted by atomic mass is 10.2. The van der Waals surface area contributed by atoms with Crippen LogP contribution in [-0.2, 0) is 19.4 Å². The summed E-state index contributed by atoms with van der Waals surface area (Å²) in [5, 5.41) is 11.5. The Hall–Kier alpha value is -2.97. The van der Waals surface area contributed by atoms with Gasteiger partial charge in [0.15, 0.2) is 0 Å². The molecule has 9 heteroatoms. The Morgan fingerprint density at radius 3 is 2.60 bits per heavy atom. The van der Waals surface area contributed by atoms with Crippen LogP contribution in [0.4, 0.5) is 9.18 Å². The number of hydrogen-bond donors (Lipinski definition) is 1. The summed E-state index contributed by atoms with van der Waals surface area (Å²) < 4.78 is 15.5. The van der Waals surface area contributed by atoms with Crippen LogP contribution in [-0.4, -0.2) is 69.2 Å². The van der Waals surface area contributed by atoms with Crippen LogP contribution in [0.3, 0.4) is 0 Å². The maximum atomic E-state index is 13.4. The van der Waals surface area contributed by atoms with Crippen LogP contribution in [0.5, 0.6) is 0 Å². The zero-order valence-electron chi connectivity index (χ0n) is 17.0. The largest absolute Gasteiger partial charge is 0.338 e. The Morgan fingerprint density at radius 1 is 1.00 bits per heavy atom. The van der Waals surface area contributed by atoms with Crippen LogP contribution >= 0.6 is 0 Å². The van der Waals surface area contributed by atoms with Crippen molar-refractivity contribution in [2.75, 3.05) is 32.7 Å². The highest BCUT2D eigenvalue weighted by Gasteiger charge is 2.25. The summed E-state index contributed by atoms with van der Waals surface area (Å²) in [6, 6.07) is 5.56. The fourth-order valence-electron chi connectivity index (χ4n) is 4.04. The Morgan fingerprint density at radius 2 is 1.80 bits per heavy atom. The summed E-state index contributed by atoms with van der Waals surface area (Å²) in [7, 11) is 0. The molecule has 8 nitrogen and oxygen atoms in total. The Kier molecular flexibility index (Phi) is 6.25. The summed E-state index contributed by atoms with van der Waals surface area (Å²) in [6.45, 7) is 3.22. The number of halogens is 1. The van der Waals surface area contributed by atoms with Gasteiger partial charge in [-0.1, -0.05) is 12.5 Å². The Balaban J connectivity index is 1.23. The lowest BCUT2D eigenvalue weighted by Crippen LogP contribution is -2.53. The summed E-state index contributed by atoms with van der Waals surface area (Å²) in [5.41, 5.74) is 0.334. The number of carbonyl (C=O) groups excluding carboxylic acids is 2. The fourth-order valence-corrected chi connectivity index (χ4v) is 4.04. The van der Waals surface area contributed by atoms with Crippen molar-refractivity contribution in [3.8, 4) is 0 Å². The maximum absolute atomic E-state index is 13.4. The van der Waals surface area contributed by atoms with Crippen molar-refractivity contribution in [1.29, 1.82) is 0 Å². The number of aryl methyl sites for hydroxylation is 1. The molecule has 0 saturated carbocycles. The lowest BCUT2D eigenvalue weighted by Gasteiger charge is -2.34. The summed E-state index contributed by atoms with van der Waals surface area (Å²) in [4.78, 5) is 28.3. The van der Waals surface area contributed by atoms with Crippen molar-refractivity contribution >= 4 is 11.9 Å². The smallest absolute Gasteiger partial charge is 0.317 e. The fraction of sp³-hybridized carbons (Fsp3) is 0.524. The van der Waals surface area contributed by atoms with E-state index in [1.165, 1.54) is 24.6 Å². The molecule has 3 heterocycles. The highest BCUT2D eigenvalue weighted by atomic mass is 19.1. The zero-order chi connectivity index (χ0) is 20.9. The number of nitrogens with zero attached hydrogens (tertiary/aromatic N) is 5. The average molecular weight is 414 g/mol. The highest BCUT2D eigenvalue weighted by molar-refractivity contribution is 5.94. The van der Waals surface area contributed by atoms with Gasteiger partial charge in [0.2, 0.25) is 0 Å². The van der Waals surface area contributed by atoms with E-state index in [4.69, 9.17) is 0 Å². The van der Waals surface area contributed by atoms with E-state index in [9.17, 15) is 14.0 Å².